The second kappa shape index (κ2) is 6.81. The Kier molecular flexibility index (Phi) is 5.08. The zero-order valence-corrected chi connectivity index (χ0v) is 13.1. The van der Waals surface area contributed by atoms with Crippen LogP contribution >= 0.6 is 27.3 Å². The Labute approximate surface area is 128 Å². The molecule has 106 valence electrons. The van der Waals surface area contributed by atoms with Crippen molar-refractivity contribution in [3.05, 3.63) is 39.6 Å². The highest BCUT2D eigenvalue weighted by Crippen LogP contribution is 2.28. The molecule has 0 aliphatic rings. The topological polar surface area (TPSA) is 51.2 Å². The molecule has 0 radical (unpaired) electrons. The van der Waals surface area contributed by atoms with Gasteiger partial charge in [0.15, 0.2) is 5.13 Å². The summed E-state index contributed by atoms with van der Waals surface area (Å²) in [5.41, 5.74) is 1.36. The number of nitrogens with zero attached hydrogens (tertiary/aromatic N) is 1. The van der Waals surface area contributed by atoms with Crippen molar-refractivity contribution in [2.45, 2.75) is 13.3 Å². The van der Waals surface area contributed by atoms with Crippen LogP contribution in [0.4, 0.5) is 15.2 Å². The van der Waals surface area contributed by atoms with Crippen LogP contribution in [0.5, 0.6) is 0 Å². The number of nitrogens with one attached hydrogen (secondary N) is 1. The fraction of sp³-hybridized carbons (Fsp3) is 0.231. The number of hydrogen-bond donors (Lipinski definition) is 1. The molecule has 1 heterocycles. The van der Waals surface area contributed by atoms with E-state index in [2.05, 4.69) is 26.2 Å². The Morgan fingerprint density at radius 2 is 2.35 bits per heavy atom. The van der Waals surface area contributed by atoms with Gasteiger partial charge in [-0.2, -0.15) is 0 Å². The third-order valence-corrected chi connectivity index (χ3v) is 3.82. The second-order valence-corrected chi connectivity index (χ2v) is 5.59. The lowest BCUT2D eigenvalue weighted by Gasteiger charge is -2.05. The first-order chi connectivity index (χ1) is 9.58. The number of carbonyl (C=O) groups excluding carboxylic acids is 1. The molecule has 2 aromatic rings. The normalized spacial score (nSPS) is 10.3. The molecule has 0 saturated heterocycles. The summed E-state index contributed by atoms with van der Waals surface area (Å²) < 4.78 is 18.5. The first kappa shape index (κ1) is 14.9. The Bertz CT molecular complexity index is 618. The Hall–Kier alpha value is -1.47. The third kappa shape index (κ3) is 4.01. The van der Waals surface area contributed by atoms with Gasteiger partial charge in [0.2, 0.25) is 0 Å². The van der Waals surface area contributed by atoms with Crippen LogP contribution in [0.2, 0.25) is 0 Å². The Morgan fingerprint density at radius 3 is 3.05 bits per heavy atom. The Balaban J connectivity index is 2.04. The number of carbonyl (C=O) groups is 1. The van der Waals surface area contributed by atoms with E-state index in [4.69, 9.17) is 4.74 Å². The van der Waals surface area contributed by atoms with Gasteiger partial charge in [0.25, 0.3) is 0 Å². The van der Waals surface area contributed by atoms with E-state index >= 15 is 0 Å². The van der Waals surface area contributed by atoms with Crippen molar-refractivity contribution in [3.63, 3.8) is 0 Å². The summed E-state index contributed by atoms with van der Waals surface area (Å²) in [4.78, 5) is 15.6. The van der Waals surface area contributed by atoms with Gasteiger partial charge in [-0.15, -0.1) is 11.3 Å². The van der Waals surface area contributed by atoms with Crippen LogP contribution in [0.3, 0.4) is 0 Å². The predicted octanol–water partition coefficient (Wildman–Crippen LogP) is 3.89. The number of thiazole rings is 1. The molecule has 1 aromatic heterocycles. The molecule has 7 heteroatoms. The van der Waals surface area contributed by atoms with Crippen molar-refractivity contribution in [3.8, 4) is 0 Å². The van der Waals surface area contributed by atoms with Crippen LogP contribution in [-0.4, -0.2) is 17.6 Å². The number of anilines is 2. The number of halogens is 2. The number of benzene rings is 1. The first-order valence-corrected chi connectivity index (χ1v) is 7.58. The summed E-state index contributed by atoms with van der Waals surface area (Å²) in [7, 11) is 0. The van der Waals surface area contributed by atoms with E-state index in [-0.39, 0.29) is 18.2 Å². The van der Waals surface area contributed by atoms with Gasteiger partial charge in [0, 0.05) is 9.85 Å². The van der Waals surface area contributed by atoms with Crippen LogP contribution in [0, 0.1) is 5.82 Å². The lowest BCUT2D eigenvalue weighted by molar-refractivity contribution is -0.142. The number of rotatable bonds is 5. The maximum atomic E-state index is 13.0. The summed E-state index contributed by atoms with van der Waals surface area (Å²) in [6.07, 6.45) is 0.149. The molecular formula is C13H12BrFN2O2S. The highest BCUT2D eigenvalue weighted by atomic mass is 79.9. The van der Waals surface area contributed by atoms with Gasteiger partial charge in [0.1, 0.15) is 5.82 Å². The average Bonchev–Trinajstić information content (AvgIpc) is 2.80. The van der Waals surface area contributed by atoms with E-state index < -0.39 is 0 Å². The summed E-state index contributed by atoms with van der Waals surface area (Å²) in [5.74, 6) is -0.614. The summed E-state index contributed by atoms with van der Waals surface area (Å²) in [6.45, 7) is 2.12. The van der Waals surface area contributed by atoms with Crippen molar-refractivity contribution in [1.29, 1.82) is 0 Å². The van der Waals surface area contributed by atoms with Gasteiger partial charge in [-0.1, -0.05) is 0 Å². The standard InChI is InChI=1S/C13H12BrFN2O2S/c1-2-19-12(18)6-9-7-20-13(16-9)17-11-4-3-8(15)5-10(11)14/h3-5,7H,2,6H2,1H3,(H,16,17). The lowest BCUT2D eigenvalue weighted by atomic mass is 10.3. The largest absolute Gasteiger partial charge is 0.466 e. The van der Waals surface area contributed by atoms with E-state index in [1.165, 1.54) is 23.5 Å². The second-order valence-electron chi connectivity index (χ2n) is 3.87. The molecule has 0 amide bonds. The first-order valence-electron chi connectivity index (χ1n) is 5.90. The maximum absolute atomic E-state index is 13.0. The maximum Gasteiger partial charge on any atom is 0.311 e. The minimum atomic E-state index is -0.315. The molecule has 0 aliphatic heterocycles. The minimum Gasteiger partial charge on any atom is -0.466 e. The fourth-order valence-corrected chi connectivity index (χ4v) is 2.68. The lowest BCUT2D eigenvalue weighted by Crippen LogP contribution is -2.07. The van der Waals surface area contributed by atoms with Crippen LogP contribution in [0.25, 0.3) is 0 Å². The summed E-state index contributed by atoms with van der Waals surface area (Å²) in [6, 6.07) is 4.35. The molecule has 0 fully saturated rings. The van der Waals surface area contributed by atoms with Gasteiger partial charge in [-0.25, -0.2) is 9.37 Å². The van der Waals surface area contributed by atoms with Crippen molar-refractivity contribution >= 4 is 44.1 Å². The molecular weight excluding hydrogens is 347 g/mol. The van der Waals surface area contributed by atoms with Gasteiger partial charge < -0.3 is 10.1 Å². The van der Waals surface area contributed by atoms with E-state index in [0.717, 1.165) is 0 Å². The number of aromatic nitrogens is 1. The molecule has 0 unspecified atom stereocenters. The molecule has 0 bridgehead atoms. The van der Waals surface area contributed by atoms with Crippen LogP contribution in [0.15, 0.2) is 28.1 Å². The van der Waals surface area contributed by atoms with Gasteiger partial charge in [0.05, 0.1) is 24.4 Å². The van der Waals surface area contributed by atoms with Crippen LogP contribution < -0.4 is 5.32 Å². The molecule has 0 saturated carbocycles. The van der Waals surface area contributed by atoms with Gasteiger partial charge in [-0.3, -0.25) is 4.79 Å². The monoisotopic (exact) mass is 358 g/mol. The summed E-state index contributed by atoms with van der Waals surface area (Å²) >= 11 is 4.65. The molecule has 20 heavy (non-hydrogen) atoms. The quantitative estimate of drug-likeness (QED) is 0.823. The highest BCUT2D eigenvalue weighted by molar-refractivity contribution is 9.10. The summed E-state index contributed by atoms with van der Waals surface area (Å²) in [5, 5.41) is 5.49. The van der Waals surface area contributed by atoms with Gasteiger partial charge in [-0.05, 0) is 41.1 Å². The molecule has 1 aromatic carbocycles. The molecule has 0 aliphatic carbocycles. The van der Waals surface area contributed by atoms with Crippen molar-refractivity contribution in [2.75, 3.05) is 11.9 Å². The van der Waals surface area contributed by atoms with Crippen molar-refractivity contribution in [2.24, 2.45) is 0 Å². The minimum absolute atomic E-state index is 0.149. The molecule has 0 spiro atoms. The molecule has 1 N–H and O–H groups in total. The van der Waals surface area contributed by atoms with E-state index in [9.17, 15) is 9.18 Å². The number of hydrogen-bond acceptors (Lipinski definition) is 5. The predicted molar refractivity (Wildman–Crippen MR) is 79.8 cm³/mol. The number of ether oxygens (including phenoxy) is 1. The smallest absolute Gasteiger partial charge is 0.311 e. The number of esters is 1. The SMILES string of the molecule is CCOC(=O)Cc1csc(Nc2ccc(F)cc2Br)n1. The fourth-order valence-electron chi connectivity index (χ4n) is 1.51. The van der Waals surface area contributed by atoms with E-state index in [1.807, 2.05) is 0 Å². The highest BCUT2D eigenvalue weighted by Gasteiger charge is 2.09. The van der Waals surface area contributed by atoms with E-state index in [1.54, 1.807) is 18.4 Å². The molecule has 2 rings (SSSR count). The van der Waals surface area contributed by atoms with Crippen molar-refractivity contribution in [1.82, 2.24) is 4.98 Å². The molecule has 0 atom stereocenters. The Morgan fingerprint density at radius 1 is 1.55 bits per heavy atom. The molecule has 4 nitrogen and oxygen atoms in total. The van der Waals surface area contributed by atoms with Crippen LogP contribution in [-0.2, 0) is 16.0 Å². The van der Waals surface area contributed by atoms with E-state index in [0.29, 0.717) is 27.6 Å². The third-order valence-electron chi connectivity index (χ3n) is 2.36. The van der Waals surface area contributed by atoms with Gasteiger partial charge >= 0.3 is 5.97 Å². The average molecular weight is 359 g/mol. The zero-order chi connectivity index (χ0) is 14.5. The zero-order valence-electron chi connectivity index (χ0n) is 10.7. The van der Waals surface area contributed by atoms with Crippen molar-refractivity contribution < 1.29 is 13.9 Å². The van der Waals surface area contributed by atoms with Crippen LogP contribution in [0.1, 0.15) is 12.6 Å².